The first-order valence-electron chi connectivity index (χ1n) is 13.2. The van der Waals surface area contributed by atoms with Gasteiger partial charge in [0.25, 0.3) is 0 Å². The predicted molar refractivity (Wildman–Crippen MR) is 144 cm³/mol. The van der Waals surface area contributed by atoms with E-state index in [4.69, 9.17) is 32.8 Å². The molecule has 1 aromatic heterocycles. The molecule has 9 atom stereocenters. The van der Waals surface area contributed by atoms with E-state index < -0.39 is 67.3 Å². The number of phenols is 1. The van der Waals surface area contributed by atoms with E-state index in [1.54, 1.807) is 6.07 Å². The molecule has 0 saturated carbocycles. The van der Waals surface area contributed by atoms with Crippen LogP contribution in [0.15, 0.2) is 45.6 Å². The molecule has 3 heterocycles. The average molecular weight is 609 g/mol. The van der Waals surface area contributed by atoms with Gasteiger partial charge in [0, 0.05) is 23.8 Å². The van der Waals surface area contributed by atoms with E-state index >= 15 is 0 Å². The summed E-state index contributed by atoms with van der Waals surface area (Å²) in [7, 11) is 2.76. The Kier molecular flexibility index (Phi) is 9.07. The Morgan fingerprint density at radius 1 is 0.837 bits per heavy atom. The molecule has 0 spiro atoms. The summed E-state index contributed by atoms with van der Waals surface area (Å²) in [6, 6.07) is 8.41. The minimum Gasteiger partial charge on any atom is -0.504 e. The molecule has 0 aliphatic carbocycles. The van der Waals surface area contributed by atoms with Crippen molar-refractivity contribution in [3.8, 4) is 34.3 Å². The van der Waals surface area contributed by atoms with Crippen LogP contribution in [0.5, 0.6) is 23.0 Å². The van der Waals surface area contributed by atoms with Crippen LogP contribution < -0.4 is 19.6 Å². The number of hydrogen-bond acceptors (Lipinski definition) is 15. The molecule has 3 aromatic rings. The molecule has 15 heteroatoms. The zero-order valence-corrected chi connectivity index (χ0v) is 23.0. The monoisotopic (exact) mass is 608 g/mol. The van der Waals surface area contributed by atoms with Gasteiger partial charge in [0.05, 0.1) is 27.4 Å². The Bertz CT molecular complexity index is 1490. The van der Waals surface area contributed by atoms with Gasteiger partial charge in [0.1, 0.15) is 71.0 Å². The van der Waals surface area contributed by atoms with Gasteiger partial charge in [-0.2, -0.15) is 0 Å². The number of aromatic hydroxyl groups is 1. The fourth-order valence-electron chi connectivity index (χ4n) is 4.82. The van der Waals surface area contributed by atoms with E-state index in [0.29, 0.717) is 5.56 Å². The van der Waals surface area contributed by atoms with Gasteiger partial charge in [-0.3, -0.25) is 4.79 Å². The maximum atomic E-state index is 13.3. The molecular formula is C28H32O15. The largest absolute Gasteiger partial charge is 0.504 e. The molecule has 2 aromatic carbocycles. The molecule has 43 heavy (non-hydrogen) atoms. The second-order valence-electron chi connectivity index (χ2n) is 10.1. The fourth-order valence-corrected chi connectivity index (χ4v) is 4.82. The number of methoxy groups -OCH3 is 2. The molecule has 0 amide bonds. The lowest BCUT2D eigenvalue weighted by Gasteiger charge is -2.41. The summed E-state index contributed by atoms with van der Waals surface area (Å²) in [6.45, 7) is -0.814. The first-order chi connectivity index (χ1) is 20.5. The SMILES string of the molecule is COc1cc(OC2OC(COC3OCC(O)C(O)C3O)C(O)C(O)C2O)c2c(=O)cc(-c3ccc(OC)c(O)c3)oc2c1. The van der Waals surface area contributed by atoms with Crippen LogP contribution in [-0.4, -0.2) is 118 Å². The van der Waals surface area contributed by atoms with Gasteiger partial charge in [-0.25, -0.2) is 0 Å². The number of hydrogen-bond donors (Lipinski definition) is 7. The summed E-state index contributed by atoms with van der Waals surface area (Å²) in [6.07, 6.45) is -14.0. The van der Waals surface area contributed by atoms with Crippen molar-refractivity contribution >= 4 is 11.0 Å². The number of benzene rings is 2. The molecule has 0 bridgehead atoms. The second kappa shape index (κ2) is 12.6. The third-order valence-electron chi connectivity index (χ3n) is 7.26. The molecule has 2 saturated heterocycles. The van der Waals surface area contributed by atoms with Crippen LogP contribution in [0.1, 0.15) is 0 Å². The van der Waals surface area contributed by atoms with Gasteiger partial charge >= 0.3 is 0 Å². The highest BCUT2D eigenvalue weighted by atomic mass is 16.7. The maximum absolute atomic E-state index is 13.3. The molecule has 2 aliphatic heterocycles. The first-order valence-corrected chi connectivity index (χ1v) is 13.2. The number of rotatable bonds is 8. The average Bonchev–Trinajstić information content (AvgIpc) is 2.99. The van der Waals surface area contributed by atoms with E-state index in [-0.39, 0.29) is 46.3 Å². The van der Waals surface area contributed by atoms with Gasteiger partial charge in [0.2, 0.25) is 6.29 Å². The van der Waals surface area contributed by atoms with E-state index in [2.05, 4.69) is 0 Å². The number of aliphatic hydroxyl groups is 6. The minimum absolute atomic E-state index is 0.0297. The Morgan fingerprint density at radius 2 is 1.58 bits per heavy atom. The number of phenolic OH excluding ortho intramolecular Hbond substituents is 1. The third-order valence-corrected chi connectivity index (χ3v) is 7.26. The van der Waals surface area contributed by atoms with Crippen LogP contribution in [-0.2, 0) is 14.2 Å². The molecule has 234 valence electrons. The van der Waals surface area contributed by atoms with Crippen LogP contribution in [0.25, 0.3) is 22.3 Å². The molecule has 5 rings (SSSR count). The van der Waals surface area contributed by atoms with Crippen LogP contribution in [0.4, 0.5) is 0 Å². The zero-order chi connectivity index (χ0) is 31.0. The van der Waals surface area contributed by atoms with Crippen molar-refractivity contribution in [1.29, 1.82) is 0 Å². The van der Waals surface area contributed by atoms with Crippen molar-refractivity contribution in [2.75, 3.05) is 27.4 Å². The summed E-state index contributed by atoms with van der Waals surface area (Å²) in [5.74, 6) is 0.241. The minimum atomic E-state index is -1.78. The molecule has 15 nitrogen and oxygen atoms in total. The van der Waals surface area contributed by atoms with Crippen molar-refractivity contribution in [2.45, 2.75) is 55.3 Å². The van der Waals surface area contributed by atoms with Crippen LogP contribution in [0, 0.1) is 0 Å². The highest BCUT2D eigenvalue weighted by molar-refractivity contribution is 5.86. The molecule has 0 radical (unpaired) electrons. The topological polar surface area (TPSA) is 227 Å². The highest BCUT2D eigenvalue weighted by Gasteiger charge is 2.46. The smallest absolute Gasteiger partial charge is 0.229 e. The number of aliphatic hydroxyl groups excluding tert-OH is 6. The quantitative estimate of drug-likeness (QED) is 0.160. The van der Waals surface area contributed by atoms with Crippen molar-refractivity contribution in [1.82, 2.24) is 0 Å². The van der Waals surface area contributed by atoms with E-state index in [0.717, 1.165) is 0 Å². The lowest BCUT2D eigenvalue weighted by atomic mass is 9.99. The van der Waals surface area contributed by atoms with Gasteiger partial charge in [-0.15, -0.1) is 0 Å². The normalized spacial score (nSPS) is 31.1. The van der Waals surface area contributed by atoms with E-state index in [9.17, 15) is 40.5 Å². The van der Waals surface area contributed by atoms with Gasteiger partial charge in [0.15, 0.2) is 23.2 Å². The molecule has 2 fully saturated rings. The van der Waals surface area contributed by atoms with Crippen LogP contribution in [0.3, 0.4) is 0 Å². The maximum Gasteiger partial charge on any atom is 0.229 e. The lowest BCUT2D eigenvalue weighted by molar-refractivity contribution is -0.307. The first kappa shape index (κ1) is 30.9. The lowest BCUT2D eigenvalue weighted by Crippen LogP contribution is -2.61. The fraction of sp³-hybridized carbons (Fsp3) is 0.464. The Hall–Kier alpha value is -3.51. The summed E-state index contributed by atoms with van der Waals surface area (Å²) < 4.78 is 38.4. The van der Waals surface area contributed by atoms with Gasteiger partial charge in [-0.05, 0) is 18.2 Å². The highest BCUT2D eigenvalue weighted by Crippen LogP contribution is 2.36. The third kappa shape index (κ3) is 6.12. The summed E-state index contributed by atoms with van der Waals surface area (Å²) >= 11 is 0. The Balaban J connectivity index is 1.41. The number of ether oxygens (including phenoxy) is 6. The number of fused-ring (bicyclic) bond motifs is 1. The molecular weight excluding hydrogens is 576 g/mol. The van der Waals surface area contributed by atoms with Crippen molar-refractivity contribution in [3.05, 3.63) is 46.6 Å². The second-order valence-corrected chi connectivity index (χ2v) is 10.1. The van der Waals surface area contributed by atoms with E-state index in [1.165, 1.54) is 44.6 Å². The van der Waals surface area contributed by atoms with Crippen LogP contribution in [0.2, 0.25) is 0 Å². The summed E-state index contributed by atoms with van der Waals surface area (Å²) in [5.41, 5.74) is -0.149. The van der Waals surface area contributed by atoms with Crippen molar-refractivity contribution in [3.63, 3.8) is 0 Å². The molecule has 9 unspecified atom stereocenters. The predicted octanol–water partition coefficient (Wildman–Crippen LogP) is -1.18. The van der Waals surface area contributed by atoms with Crippen LogP contribution >= 0.6 is 0 Å². The Morgan fingerprint density at radius 3 is 2.28 bits per heavy atom. The van der Waals surface area contributed by atoms with E-state index in [1.807, 2.05) is 0 Å². The van der Waals surface area contributed by atoms with Crippen molar-refractivity contribution in [2.24, 2.45) is 0 Å². The molecule has 2 aliphatic rings. The standard InChI is InChI=1S/C28H32O15/c1-37-12-6-18-21(14(30)8-17(41-18)11-3-4-16(38-2)13(29)5-11)19(7-12)42-28-26(36)24(34)23(33)20(43-28)10-40-27-25(35)22(32)15(31)9-39-27/h3-8,15,20,22-29,31-36H,9-10H2,1-2H3. The van der Waals surface area contributed by atoms with Gasteiger partial charge in [-0.1, -0.05) is 0 Å². The Labute approximate surface area is 243 Å². The van der Waals surface area contributed by atoms with Crippen molar-refractivity contribution < 1.29 is 68.6 Å². The van der Waals surface area contributed by atoms with Gasteiger partial charge < -0.3 is 68.6 Å². The summed E-state index contributed by atoms with van der Waals surface area (Å²) in [5, 5.41) is 71.4. The zero-order valence-electron chi connectivity index (χ0n) is 23.0. The summed E-state index contributed by atoms with van der Waals surface area (Å²) in [4.78, 5) is 13.3. The molecule has 7 N–H and O–H groups in total.